The van der Waals surface area contributed by atoms with Crippen molar-refractivity contribution in [3.8, 4) is 5.00 Å². The van der Waals surface area contributed by atoms with E-state index in [1.54, 1.807) is 11.3 Å². The third-order valence-electron chi connectivity index (χ3n) is 6.32. The van der Waals surface area contributed by atoms with Crippen LogP contribution in [0.1, 0.15) is 71.4 Å². The van der Waals surface area contributed by atoms with Gasteiger partial charge >= 0.3 is 5.97 Å². The van der Waals surface area contributed by atoms with Crippen molar-refractivity contribution in [1.29, 1.82) is 0 Å². The highest BCUT2D eigenvalue weighted by Crippen LogP contribution is 2.39. The summed E-state index contributed by atoms with van der Waals surface area (Å²) in [5.41, 5.74) is 4.04. The Morgan fingerprint density at radius 3 is 2.59 bits per heavy atom. The molecule has 8 heteroatoms. The van der Waals surface area contributed by atoms with Gasteiger partial charge in [0.2, 0.25) is 0 Å². The molecular formula is C24H25ClN4O2S. The molecule has 0 N–H and O–H groups in total. The van der Waals surface area contributed by atoms with Gasteiger partial charge in [0, 0.05) is 21.0 Å². The Morgan fingerprint density at radius 1 is 1.16 bits per heavy atom. The lowest BCUT2D eigenvalue weighted by Gasteiger charge is -2.15. The lowest BCUT2D eigenvalue weighted by Crippen LogP contribution is -2.18. The van der Waals surface area contributed by atoms with Crippen LogP contribution in [-0.2, 0) is 9.53 Å². The summed E-state index contributed by atoms with van der Waals surface area (Å²) in [6.07, 6.45) is 4.29. The maximum Gasteiger partial charge on any atom is 0.308 e. The number of hydrogen-bond acceptors (Lipinski definition) is 6. The van der Waals surface area contributed by atoms with Gasteiger partial charge in [-0.1, -0.05) is 23.7 Å². The molecule has 1 aliphatic heterocycles. The van der Waals surface area contributed by atoms with Crippen LogP contribution in [0.4, 0.5) is 0 Å². The van der Waals surface area contributed by atoms with E-state index in [1.165, 1.54) is 10.4 Å². The molecular weight excluding hydrogens is 444 g/mol. The van der Waals surface area contributed by atoms with E-state index in [4.69, 9.17) is 21.3 Å². The van der Waals surface area contributed by atoms with E-state index in [2.05, 4.69) is 28.6 Å². The predicted octanol–water partition coefficient (Wildman–Crippen LogP) is 5.68. The molecule has 3 aromatic rings. The van der Waals surface area contributed by atoms with Gasteiger partial charge in [-0.05, 0) is 64.2 Å². The molecule has 1 aromatic carbocycles. The number of carbonyl (C=O) groups is 1. The van der Waals surface area contributed by atoms with Gasteiger partial charge in [-0.3, -0.25) is 14.4 Å². The first-order valence-electron chi connectivity index (χ1n) is 11.0. The van der Waals surface area contributed by atoms with Gasteiger partial charge in [0.05, 0.1) is 12.1 Å². The molecule has 1 saturated carbocycles. The highest BCUT2D eigenvalue weighted by Gasteiger charge is 2.33. The number of nitrogens with zero attached hydrogens (tertiary/aromatic N) is 4. The average molecular weight is 469 g/mol. The third-order valence-corrected chi connectivity index (χ3v) is 7.76. The van der Waals surface area contributed by atoms with Gasteiger partial charge < -0.3 is 4.74 Å². The number of rotatable bonds is 4. The fourth-order valence-corrected chi connectivity index (χ4v) is 5.87. The number of hydrogen-bond donors (Lipinski definition) is 0. The second kappa shape index (κ2) is 8.45. The number of ether oxygens (including phenoxy) is 1. The summed E-state index contributed by atoms with van der Waals surface area (Å²) in [6, 6.07) is 7.21. The summed E-state index contributed by atoms with van der Waals surface area (Å²) in [5, 5.41) is 10.5. The number of carbonyl (C=O) groups excluding carboxylic acids is 1. The summed E-state index contributed by atoms with van der Waals surface area (Å²) in [5.74, 6) is 1.23. The minimum absolute atomic E-state index is 0.0270. The van der Waals surface area contributed by atoms with Crippen molar-refractivity contribution >= 4 is 34.6 Å². The molecule has 3 heterocycles. The first-order valence-corrected chi connectivity index (χ1v) is 12.2. The number of halogens is 1. The highest BCUT2D eigenvalue weighted by atomic mass is 35.5. The molecule has 2 aromatic heterocycles. The van der Waals surface area contributed by atoms with Crippen LogP contribution >= 0.6 is 22.9 Å². The van der Waals surface area contributed by atoms with Crippen molar-refractivity contribution in [2.45, 2.75) is 65.0 Å². The number of aryl methyl sites for hydroxylation is 2. The Hall–Kier alpha value is -2.51. The molecule has 0 spiro atoms. The van der Waals surface area contributed by atoms with Crippen LogP contribution in [0.25, 0.3) is 5.00 Å². The Balaban J connectivity index is 1.62. The highest BCUT2D eigenvalue weighted by molar-refractivity contribution is 7.15. The molecule has 0 bridgehead atoms. The van der Waals surface area contributed by atoms with Crippen molar-refractivity contribution in [2.75, 3.05) is 0 Å². The zero-order valence-electron chi connectivity index (χ0n) is 18.4. The van der Waals surface area contributed by atoms with Crippen molar-refractivity contribution in [2.24, 2.45) is 4.99 Å². The second-order valence-electron chi connectivity index (χ2n) is 8.51. The summed E-state index contributed by atoms with van der Waals surface area (Å²) in [6.45, 7) is 6.17. The van der Waals surface area contributed by atoms with E-state index in [9.17, 15) is 4.79 Å². The number of esters is 1. The summed E-state index contributed by atoms with van der Waals surface area (Å²) >= 11 is 7.85. The average Bonchev–Trinajstić information content (AvgIpc) is 3.45. The SMILES string of the molecule is Cc1sc2c(c1C)C(c1ccc(Cl)cc1)=NC(CC(=O)OC1CCCC1)c1nnc(C)n1-2. The molecule has 1 atom stereocenters. The maximum atomic E-state index is 12.9. The predicted molar refractivity (Wildman–Crippen MR) is 126 cm³/mol. The second-order valence-corrected chi connectivity index (χ2v) is 10.1. The monoisotopic (exact) mass is 468 g/mol. The molecule has 0 radical (unpaired) electrons. The first-order chi connectivity index (χ1) is 15.4. The Morgan fingerprint density at radius 2 is 1.88 bits per heavy atom. The Bertz CT molecular complexity index is 1210. The molecule has 6 nitrogen and oxygen atoms in total. The molecule has 5 rings (SSSR count). The number of aliphatic imine (C=N–C) groups is 1. The van der Waals surface area contributed by atoms with E-state index in [-0.39, 0.29) is 18.5 Å². The molecule has 0 amide bonds. The van der Waals surface area contributed by atoms with Crippen LogP contribution in [0, 0.1) is 20.8 Å². The van der Waals surface area contributed by atoms with Crippen molar-refractivity contribution < 1.29 is 9.53 Å². The Kier molecular flexibility index (Phi) is 5.63. The summed E-state index contributed by atoms with van der Waals surface area (Å²) < 4.78 is 7.81. The van der Waals surface area contributed by atoms with E-state index in [0.29, 0.717) is 10.8 Å². The zero-order valence-corrected chi connectivity index (χ0v) is 20.0. The molecule has 32 heavy (non-hydrogen) atoms. The first kappa shape index (κ1) is 21.3. The van der Waals surface area contributed by atoms with Gasteiger partial charge in [-0.15, -0.1) is 21.5 Å². The van der Waals surface area contributed by atoms with Crippen molar-refractivity contribution in [1.82, 2.24) is 14.8 Å². The lowest BCUT2D eigenvalue weighted by molar-refractivity contribution is -0.149. The zero-order chi connectivity index (χ0) is 22.4. The van der Waals surface area contributed by atoms with Crippen LogP contribution in [0.15, 0.2) is 29.3 Å². The van der Waals surface area contributed by atoms with Crippen LogP contribution in [0.3, 0.4) is 0 Å². The minimum Gasteiger partial charge on any atom is -0.462 e. The van der Waals surface area contributed by atoms with Gasteiger partial charge in [0.15, 0.2) is 5.82 Å². The topological polar surface area (TPSA) is 69.4 Å². The minimum atomic E-state index is -0.477. The lowest BCUT2D eigenvalue weighted by atomic mass is 9.99. The van der Waals surface area contributed by atoms with Gasteiger partial charge in [0.1, 0.15) is 23.0 Å². The standard InChI is InChI=1S/C24H25ClN4O2S/c1-13-14(2)32-24-21(13)22(16-8-10-17(25)11-9-16)26-19(23-28-27-15(3)29(23)24)12-20(30)31-18-6-4-5-7-18/h8-11,18-19H,4-7,12H2,1-3H3. The van der Waals surface area contributed by atoms with Crippen molar-refractivity contribution in [3.63, 3.8) is 0 Å². The molecule has 1 unspecified atom stereocenters. The van der Waals surface area contributed by atoms with E-state index < -0.39 is 6.04 Å². The van der Waals surface area contributed by atoms with Crippen LogP contribution in [-0.4, -0.2) is 32.5 Å². The maximum absolute atomic E-state index is 12.9. The fourth-order valence-electron chi connectivity index (χ4n) is 4.53. The van der Waals surface area contributed by atoms with Crippen molar-refractivity contribution in [3.05, 3.63) is 62.5 Å². The van der Waals surface area contributed by atoms with Gasteiger partial charge in [-0.2, -0.15) is 0 Å². The van der Waals surface area contributed by atoms with E-state index >= 15 is 0 Å². The third kappa shape index (κ3) is 3.77. The molecule has 1 aliphatic carbocycles. The smallest absolute Gasteiger partial charge is 0.308 e. The Labute approximate surface area is 196 Å². The van der Waals surface area contributed by atoms with Crippen LogP contribution < -0.4 is 0 Å². The number of benzene rings is 1. The van der Waals surface area contributed by atoms with E-state index in [1.807, 2.05) is 31.2 Å². The summed E-state index contributed by atoms with van der Waals surface area (Å²) in [4.78, 5) is 19.2. The normalized spacial score (nSPS) is 18.1. The number of thiophene rings is 1. The number of aromatic nitrogens is 3. The van der Waals surface area contributed by atoms with Crippen LogP contribution in [0.5, 0.6) is 0 Å². The van der Waals surface area contributed by atoms with Gasteiger partial charge in [-0.25, -0.2) is 0 Å². The molecule has 166 valence electrons. The quantitative estimate of drug-likeness (QED) is 0.462. The van der Waals surface area contributed by atoms with Crippen LogP contribution in [0.2, 0.25) is 5.02 Å². The van der Waals surface area contributed by atoms with Gasteiger partial charge in [0.25, 0.3) is 0 Å². The largest absolute Gasteiger partial charge is 0.462 e. The molecule has 0 saturated heterocycles. The fraction of sp³-hybridized carbons (Fsp3) is 0.417. The number of fused-ring (bicyclic) bond motifs is 3. The molecule has 1 fully saturated rings. The molecule has 2 aliphatic rings. The summed E-state index contributed by atoms with van der Waals surface area (Å²) in [7, 11) is 0. The van der Waals surface area contributed by atoms with E-state index in [0.717, 1.165) is 53.3 Å².